The predicted molar refractivity (Wildman–Crippen MR) is 127 cm³/mol. The Hall–Kier alpha value is -3.11. The van der Waals surface area contributed by atoms with Crippen molar-refractivity contribution < 1.29 is 23.5 Å². The SMILES string of the molecule is CC(C)CN1C[C@@H]2CCC(O)[C@H]2N2C(=O)c3cc(=O)c(C(=O)NCc4ccc(F)cc4F)cn3C[C@@H]12. The normalized spacial score (nSPS) is 25.5. The minimum absolute atomic E-state index is 0.0878. The summed E-state index contributed by atoms with van der Waals surface area (Å²) in [6.45, 7) is 5.92. The van der Waals surface area contributed by atoms with Gasteiger partial charge in [-0.1, -0.05) is 19.9 Å². The fourth-order valence-electron chi connectivity index (χ4n) is 5.91. The number of nitrogens with zero attached hydrogens (tertiary/aromatic N) is 3. The Morgan fingerprint density at radius 1 is 1.17 bits per heavy atom. The molecule has 2 amide bonds. The average molecular weight is 501 g/mol. The summed E-state index contributed by atoms with van der Waals surface area (Å²) in [4.78, 5) is 43.3. The molecule has 1 saturated heterocycles. The van der Waals surface area contributed by atoms with Crippen molar-refractivity contribution >= 4 is 11.8 Å². The second kappa shape index (κ2) is 9.40. The highest BCUT2D eigenvalue weighted by molar-refractivity contribution is 5.97. The molecule has 2 aliphatic heterocycles. The van der Waals surface area contributed by atoms with E-state index in [0.29, 0.717) is 18.9 Å². The Labute approximate surface area is 207 Å². The molecule has 0 spiro atoms. The fraction of sp³-hybridized carbons (Fsp3) is 0.500. The first-order valence-electron chi connectivity index (χ1n) is 12.4. The van der Waals surface area contributed by atoms with Crippen LogP contribution in [0.2, 0.25) is 0 Å². The van der Waals surface area contributed by atoms with Crippen LogP contribution in [0.3, 0.4) is 0 Å². The van der Waals surface area contributed by atoms with E-state index >= 15 is 0 Å². The van der Waals surface area contributed by atoms with Gasteiger partial charge in [-0.25, -0.2) is 8.78 Å². The topological polar surface area (TPSA) is 94.9 Å². The standard InChI is InChI=1S/C26H30F2N4O4/c1-14(2)10-31-11-16-4-6-21(33)24(16)32-23(31)13-30-12-18(22(34)8-20(30)26(32)36)25(35)29-9-15-3-5-17(27)7-19(15)28/h3,5,7-8,12,14,16,21,23-24,33H,4,6,9-11,13H2,1-2H3,(H,29,35)/t16-,21?,23-,24-/m0/s1. The number of hydrogen-bond donors (Lipinski definition) is 2. The van der Waals surface area contributed by atoms with Gasteiger partial charge in [-0.2, -0.15) is 0 Å². The number of aliphatic hydroxyl groups is 1. The summed E-state index contributed by atoms with van der Waals surface area (Å²) in [6.07, 6.45) is 1.97. The van der Waals surface area contributed by atoms with Crippen molar-refractivity contribution in [2.75, 3.05) is 13.1 Å². The van der Waals surface area contributed by atoms with Crippen LogP contribution in [0.25, 0.3) is 0 Å². The Bertz CT molecular complexity index is 1260. The Morgan fingerprint density at radius 2 is 1.94 bits per heavy atom. The average Bonchev–Trinajstić information content (AvgIpc) is 3.18. The molecule has 1 aliphatic carbocycles. The fourth-order valence-corrected chi connectivity index (χ4v) is 5.91. The summed E-state index contributed by atoms with van der Waals surface area (Å²) in [5.74, 6) is -2.00. The van der Waals surface area contributed by atoms with Crippen LogP contribution < -0.4 is 10.7 Å². The minimum atomic E-state index is -0.793. The largest absolute Gasteiger partial charge is 0.391 e. The third-order valence-electron chi connectivity index (χ3n) is 7.48. The summed E-state index contributed by atoms with van der Waals surface area (Å²) in [5, 5.41) is 13.2. The van der Waals surface area contributed by atoms with Crippen LogP contribution in [-0.2, 0) is 13.1 Å². The van der Waals surface area contributed by atoms with E-state index in [1.165, 1.54) is 18.3 Å². The van der Waals surface area contributed by atoms with E-state index in [1.54, 1.807) is 9.47 Å². The van der Waals surface area contributed by atoms with Crippen LogP contribution >= 0.6 is 0 Å². The zero-order chi connectivity index (χ0) is 25.7. The molecule has 192 valence electrons. The van der Waals surface area contributed by atoms with E-state index in [9.17, 15) is 28.3 Å². The number of carbonyl (C=O) groups excluding carboxylic acids is 2. The molecule has 2 aromatic rings. The van der Waals surface area contributed by atoms with E-state index in [2.05, 4.69) is 24.1 Å². The lowest BCUT2D eigenvalue weighted by atomic mass is 9.93. The van der Waals surface area contributed by atoms with E-state index in [4.69, 9.17) is 0 Å². The number of nitrogens with one attached hydrogen (secondary N) is 1. The number of hydrogen-bond acceptors (Lipinski definition) is 5. The van der Waals surface area contributed by atoms with Gasteiger partial charge in [-0.05, 0) is 30.7 Å². The van der Waals surface area contributed by atoms with Crippen molar-refractivity contribution in [3.05, 3.63) is 69.1 Å². The lowest BCUT2D eigenvalue weighted by Gasteiger charge is -2.53. The van der Waals surface area contributed by atoms with Crippen molar-refractivity contribution in [3.8, 4) is 0 Å². The van der Waals surface area contributed by atoms with E-state index in [1.807, 2.05) is 0 Å². The van der Waals surface area contributed by atoms with Gasteiger partial charge >= 0.3 is 0 Å². The van der Waals surface area contributed by atoms with Crippen molar-refractivity contribution in [1.29, 1.82) is 0 Å². The van der Waals surface area contributed by atoms with E-state index in [-0.39, 0.29) is 47.4 Å². The summed E-state index contributed by atoms with van der Waals surface area (Å²) in [5.41, 5.74) is -0.510. The van der Waals surface area contributed by atoms with Crippen molar-refractivity contribution in [1.82, 2.24) is 19.7 Å². The minimum Gasteiger partial charge on any atom is -0.391 e. The number of carbonyl (C=O) groups is 2. The molecule has 3 heterocycles. The third kappa shape index (κ3) is 4.32. The number of halogens is 2. The Morgan fingerprint density at radius 3 is 2.67 bits per heavy atom. The Balaban J connectivity index is 1.43. The van der Waals surface area contributed by atoms with Gasteiger partial charge in [-0.15, -0.1) is 0 Å². The van der Waals surface area contributed by atoms with Crippen molar-refractivity contribution in [2.45, 2.75) is 58.1 Å². The van der Waals surface area contributed by atoms with Crippen molar-refractivity contribution in [2.24, 2.45) is 11.8 Å². The van der Waals surface area contributed by atoms with Gasteiger partial charge in [-0.3, -0.25) is 19.3 Å². The van der Waals surface area contributed by atoms with Crippen molar-refractivity contribution in [3.63, 3.8) is 0 Å². The maximum absolute atomic E-state index is 13.9. The highest BCUT2D eigenvalue weighted by Crippen LogP contribution is 2.40. The molecule has 4 atom stereocenters. The molecule has 2 N–H and O–H groups in total. The zero-order valence-electron chi connectivity index (χ0n) is 20.3. The number of fused-ring (bicyclic) bond motifs is 4. The molecule has 5 rings (SSSR count). The third-order valence-corrected chi connectivity index (χ3v) is 7.48. The van der Waals surface area contributed by atoms with E-state index < -0.39 is 29.1 Å². The van der Waals surface area contributed by atoms with Crippen LogP contribution in [0.15, 0.2) is 35.3 Å². The van der Waals surface area contributed by atoms with Gasteiger partial charge < -0.3 is 19.9 Å². The first-order valence-corrected chi connectivity index (χ1v) is 12.4. The molecule has 10 heteroatoms. The number of aliphatic hydroxyl groups excluding tert-OH is 1. The summed E-state index contributed by atoms with van der Waals surface area (Å²) < 4.78 is 28.7. The van der Waals surface area contributed by atoms with Crippen LogP contribution in [0.5, 0.6) is 0 Å². The highest BCUT2D eigenvalue weighted by Gasteiger charge is 2.52. The molecule has 8 nitrogen and oxygen atoms in total. The predicted octanol–water partition coefficient (Wildman–Crippen LogP) is 1.95. The number of benzene rings is 1. The summed E-state index contributed by atoms with van der Waals surface area (Å²) in [6, 6.07) is 3.93. The van der Waals surface area contributed by atoms with Crippen LogP contribution in [-0.4, -0.2) is 62.7 Å². The first-order chi connectivity index (χ1) is 17.1. The molecule has 0 radical (unpaired) electrons. The number of aromatic nitrogens is 1. The molecule has 1 unspecified atom stereocenters. The lowest BCUT2D eigenvalue weighted by molar-refractivity contribution is -0.0799. The van der Waals surface area contributed by atoms with E-state index in [0.717, 1.165) is 31.6 Å². The van der Waals surface area contributed by atoms with Gasteiger partial charge in [0.1, 0.15) is 29.1 Å². The molecule has 1 saturated carbocycles. The number of amides is 2. The summed E-state index contributed by atoms with van der Waals surface area (Å²) in [7, 11) is 0. The molecule has 2 fully saturated rings. The smallest absolute Gasteiger partial charge is 0.272 e. The Kier molecular flexibility index (Phi) is 6.42. The molecule has 0 bridgehead atoms. The van der Waals surface area contributed by atoms with Gasteiger partial charge in [0.2, 0.25) is 0 Å². The van der Waals surface area contributed by atoms with Gasteiger partial charge in [0.25, 0.3) is 11.8 Å². The highest BCUT2D eigenvalue weighted by atomic mass is 19.1. The molecule has 1 aromatic heterocycles. The second-order valence-corrected chi connectivity index (χ2v) is 10.4. The molecule has 36 heavy (non-hydrogen) atoms. The quantitative estimate of drug-likeness (QED) is 0.655. The van der Waals surface area contributed by atoms with Gasteiger partial charge in [0, 0.05) is 43.5 Å². The summed E-state index contributed by atoms with van der Waals surface area (Å²) >= 11 is 0. The van der Waals surface area contributed by atoms with Crippen LogP contribution in [0, 0.1) is 23.5 Å². The maximum Gasteiger partial charge on any atom is 0.272 e. The number of rotatable bonds is 5. The van der Waals surface area contributed by atoms with Crippen LogP contribution in [0.1, 0.15) is 53.1 Å². The van der Waals surface area contributed by atoms with Crippen LogP contribution in [0.4, 0.5) is 8.78 Å². The second-order valence-electron chi connectivity index (χ2n) is 10.4. The maximum atomic E-state index is 13.9. The molecular formula is C26H30F2N4O4. The van der Waals surface area contributed by atoms with Gasteiger partial charge in [0.05, 0.1) is 18.7 Å². The molecular weight excluding hydrogens is 470 g/mol. The molecule has 3 aliphatic rings. The monoisotopic (exact) mass is 500 g/mol. The van der Waals surface area contributed by atoms with Gasteiger partial charge in [0.15, 0.2) is 5.43 Å². The zero-order valence-corrected chi connectivity index (χ0v) is 20.3. The number of pyridine rings is 1. The first kappa shape index (κ1) is 24.6. The molecule has 1 aromatic carbocycles. The lowest BCUT2D eigenvalue weighted by Crippen LogP contribution is -2.68.